The van der Waals surface area contributed by atoms with Crippen molar-refractivity contribution >= 4 is 0 Å². The molecule has 2 aromatic rings. The Kier molecular flexibility index (Phi) is 3.89. The van der Waals surface area contributed by atoms with E-state index in [1.165, 1.54) is 12.1 Å². The maximum atomic E-state index is 12.1. The Morgan fingerprint density at radius 1 is 0.889 bits per heavy atom. The molecule has 0 bridgehead atoms. The molecule has 1 unspecified atom stereocenters. The van der Waals surface area contributed by atoms with Crippen molar-refractivity contribution in [2.24, 2.45) is 0 Å². The van der Waals surface area contributed by atoms with Crippen LogP contribution in [0.3, 0.4) is 0 Å². The van der Waals surface area contributed by atoms with Gasteiger partial charge >= 0.3 is 6.61 Å². The first-order chi connectivity index (χ1) is 8.66. The maximum absolute atomic E-state index is 12.1. The van der Waals surface area contributed by atoms with Crippen LogP contribution in [0.2, 0.25) is 0 Å². The van der Waals surface area contributed by atoms with E-state index in [0.29, 0.717) is 11.1 Å². The van der Waals surface area contributed by atoms with Gasteiger partial charge < -0.3 is 9.84 Å². The Labute approximate surface area is 103 Å². The molecular weight excluding hydrogens is 238 g/mol. The van der Waals surface area contributed by atoms with E-state index >= 15 is 0 Å². The van der Waals surface area contributed by atoms with Gasteiger partial charge in [0, 0.05) is 0 Å². The maximum Gasteiger partial charge on any atom is 0.387 e. The van der Waals surface area contributed by atoms with Crippen LogP contribution in [0.4, 0.5) is 8.78 Å². The molecule has 0 aliphatic carbocycles. The van der Waals surface area contributed by atoms with Crippen molar-refractivity contribution < 1.29 is 18.6 Å². The number of aliphatic hydroxyl groups excluding tert-OH is 1. The van der Waals surface area contributed by atoms with E-state index in [1.54, 1.807) is 36.4 Å². The first kappa shape index (κ1) is 12.5. The van der Waals surface area contributed by atoms with Gasteiger partial charge in [0.05, 0.1) is 0 Å². The van der Waals surface area contributed by atoms with Crippen molar-refractivity contribution in [2.75, 3.05) is 0 Å². The number of hydrogen-bond donors (Lipinski definition) is 1. The Bertz CT molecular complexity index is 500. The minimum Gasteiger partial charge on any atom is -0.435 e. The molecule has 2 nitrogen and oxygen atoms in total. The first-order valence-electron chi connectivity index (χ1n) is 5.44. The van der Waals surface area contributed by atoms with E-state index in [1.807, 2.05) is 6.07 Å². The summed E-state index contributed by atoms with van der Waals surface area (Å²) in [6, 6.07) is 15.0. The topological polar surface area (TPSA) is 29.5 Å². The van der Waals surface area contributed by atoms with Crippen molar-refractivity contribution in [3.63, 3.8) is 0 Å². The van der Waals surface area contributed by atoms with E-state index in [-0.39, 0.29) is 5.75 Å². The van der Waals surface area contributed by atoms with E-state index in [2.05, 4.69) is 4.74 Å². The highest BCUT2D eigenvalue weighted by Gasteiger charge is 2.12. The molecule has 2 aromatic carbocycles. The Morgan fingerprint density at radius 2 is 1.56 bits per heavy atom. The van der Waals surface area contributed by atoms with Gasteiger partial charge in [-0.1, -0.05) is 42.5 Å². The van der Waals surface area contributed by atoms with Gasteiger partial charge in [-0.25, -0.2) is 0 Å². The average Bonchev–Trinajstić information content (AvgIpc) is 2.38. The fraction of sp³-hybridized carbons (Fsp3) is 0.143. The van der Waals surface area contributed by atoms with Gasteiger partial charge in [0.15, 0.2) is 0 Å². The number of halogens is 2. The summed E-state index contributed by atoms with van der Waals surface area (Å²) in [6.45, 7) is -2.87. The van der Waals surface area contributed by atoms with Crippen LogP contribution in [0.5, 0.6) is 5.75 Å². The lowest BCUT2D eigenvalue weighted by atomic mass is 10.0. The summed E-state index contributed by atoms with van der Waals surface area (Å²) in [5, 5.41) is 10.1. The number of alkyl halides is 2. The van der Waals surface area contributed by atoms with Gasteiger partial charge in [-0.3, -0.25) is 0 Å². The average molecular weight is 250 g/mol. The largest absolute Gasteiger partial charge is 0.435 e. The van der Waals surface area contributed by atoms with Gasteiger partial charge in [0.25, 0.3) is 0 Å². The molecule has 0 spiro atoms. The Morgan fingerprint density at radius 3 is 2.22 bits per heavy atom. The van der Waals surface area contributed by atoms with Crippen molar-refractivity contribution in [2.45, 2.75) is 12.7 Å². The molecule has 0 amide bonds. The molecule has 0 radical (unpaired) electrons. The lowest BCUT2D eigenvalue weighted by molar-refractivity contribution is -0.0499. The molecule has 0 aromatic heterocycles. The lowest BCUT2D eigenvalue weighted by Crippen LogP contribution is -2.04. The molecule has 2 rings (SSSR count). The summed E-state index contributed by atoms with van der Waals surface area (Å²) in [7, 11) is 0. The zero-order chi connectivity index (χ0) is 13.0. The minimum absolute atomic E-state index is 0.0393. The van der Waals surface area contributed by atoms with Gasteiger partial charge in [0.1, 0.15) is 11.9 Å². The van der Waals surface area contributed by atoms with Crippen molar-refractivity contribution in [1.82, 2.24) is 0 Å². The molecule has 0 heterocycles. The van der Waals surface area contributed by atoms with Crippen LogP contribution in [0.25, 0.3) is 0 Å². The van der Waals surface area contributed by atoms with Gasteiger partial charge in [-0.2, -0.15) is 8.78 Å². The highest BCUT2D eigenvalue weighted by Crippen LogP contribution is 2.25. The van der Waals surface area contributed by atoms with Gasteiger partial charge in [-0.05, 0) is 23.3 Å². The molecule has 18 heavy (non-hydrogen) atoms. The molecule has 0 aliphatic heterocycles. The predicted molar refractivity (Wildman–Crippen MR) is 63.6 cm³/mol. The van der Waals surface area contributed by atoms with Crippen LogP contribution in [-0.2, 0) is 0 Å². The van der Waals surface area contributed by atoms with Crippen LogP contribution >= 0.6 is 0 Å². The molecule has 0 aliphatic rings. The number of rotatable bonds is 4. The smallest absolute Gasteiger partial charge is 0.387 e. The van der Waals surface area contributed by atoms with E-state index in [9.17, 15) is 13.9 Å². The third-order valence-corrected chi connectivity index (χ3v) is 2.51. The molecule has 1 N–H and O–H groups in total. The second-order valence-corrected chi connectivity index (χ2v) is 3.76. The summed E-state index contributed by atoms with van der Waals surface area (Å²) in [4.78, 5) is 0. The number of hydrogen-bond acceptors (Lipinski definition) is 2. The van der Waals surface area contributed by atoms with Crippen molar-refractivity contribution in [3.8, 4) is 5.75 Å². The summed E-state index contributed by atoms with van der Waals surface area (Å²) >= 11 is 0. The molecule has 94 valence electrons. The van der Waals surface area contributed by atoms with E-state index < -0.39 is 12.7 Å². The fourth-order valence-corrected chi connectivity index (χ4v) is 1.69. The van der Waals surface area contributed by atoms with Crippen molar-refractivity contribution in [1.29, 1.82) is 0 Å². The normalized spacial score (nSPS) is 12.4. The number of benzene rings is 2. The van der Waals surface area contributed by atoms with Gasteiger partial charge in [-0.15, -0.1) is 0 Å². The quantitative estimate of drug-likeness (QED) is 0.901. The summed E-state index contributed by atoms with van der Waals surface area (Å²) in [5.41, 5.74) is 1.21. The third kappa shape index (κ3) is 3.05. The molecule has 1 atom stereocenters. The lowest BCUT2D eigenvalue weighted by Gasteiger charge is -2.13. The Hall–Kier alpha value is -1.94. The first-order valence-corrected chi connectivity index (χ1v) is 5.44. The zero-order valence-electron chi connectivity index (χ0n) is 9.46. The van der Waals surface area contributed by atoms with Crippen LogP contribution in [0.1, 0.15) is 17.2 Å². The summed E-state index contributed by atoms with van der Waals surface area (Å²) < 4.78 is 28.5. The predicted octanol–water partition coefficient (Wildman–Crippen LogP) is 3.37. The second kappa shape index (κ2) is 5.60. The number of ether oxygens (including phenoxy) is 1. The van der Waals surface area contributed by atoms with Crippen LogP contribution in [0, 0.1) is 0 Å². The number of aliphatic hydroxyl groups is 1. The fourth-order valence-electron chi connectivity index (χ4n) is 1.69. The van der Waals surface area contributed by atoms with Crippen LogP contribution < -0.4 is 4.74 Å². The highest BCUT2D eigenvalue weighted by atomic mass is 19.3. The van der Waals surface area contributed by atoms with Crippen LogP contribution in [-0.4, -0.2) is 11.7 Å². The standard InChI is InChI=1S/C14H12F2O2/c15-14(16)18-12-8-4-7-11(9-12)13(17)10-5-2-1-3-6-10/h1-9,13-14,17H. The SMILES string of the molecule is OC(c1ccccc1)c1cccc(OC(F)F)c1. The molecular formula is C14H12F2O2. The second-order valence-electron chi connectivity index (χ2n) is 3.76. The summed E-state index contributed by atoms with van der Waals surface area (Å²) in [6.07, 6.45) is -0.854. The van der Waals surface area contributed by atoms with E-state index in [4.69, 9.17) is 0 Å². The summed E-state index contributed by atoms with van der Waals surface area (Å²) in [5.74, 6) is 0.0393. The molecule has 0 saturated heterocycles. The van der Waals surface area contributed by atoms with E-state index in [0.717, 1.165) is 0 Å². The minimum atomic E-state index is -2.87. The Balaban J connectivity index is 2.23. The molecule has 0 saturated carbocycles. The monoisotopic (exact) mass is 250 g/mol. The zero-order valence-corrected chi connectivity index (χ0v) is 9.46. The molecule has 0 fully saturated rings. The highest BCUT2D eigenvalue weighted by molar-refractivity contribution is 5.35. The van der Waals surface area contributed by atoms with Crippen molar-refractivity contribution in [3.05, 3.63) is 65.7 Å². The van der Waals surface area contributed by atoms with Crippen LogP contribution in [0.15, 0.2) is 54.6 Å². The molecule has 4 heteroatoms. The van der Waals surface area contributed by atoms with Gasteiger partial charge in [0.2, 0.25) is 0 Å². The third-order valence-electron chi connectivity index (χ3n) is 2.51.